The van der Waals surface area contributed by atoms with Gasteiger partial charge < -0.3 is 25.2 Å². The second-order valence-corrected chi connectivity index (χ2v) is 7.68. The predicted octanol–water partition coefficient (Wildman–Crippen LogP) is 2.09. The number of rotatable bonds is 5. The minimum Gasteiger partial charge on any atom is -0.394 e. The Hall–Kier alpha value is -2.28. The molecular formula is C24H26O5. The van der Waals surface area contributed by atoms with Gasteiger partial charge in [-0.2, -0.15) is 0 Å². The van der Waals surface area contributed by atoms with Crippen LogP contribution in [0.5, 0.6) is 0 Å². The predicted molar refractivity (Wildman–Crippen MR) is 110 cm³/mol. The smallest absolute Gasteiger partial charge is 0.113 e. The van der Waals surface area contributed by atoms with E-state index in [1.165, 1.54) is 16.7 Å². The first-order valence-corrected chi connectivity index (χ1v) is 9.94. The van der Waals surface area contributed by atoms with Crippen LogP contribution in [0.2, 0.25) is 0 Å². The first-order chi connectivity index (χ1) is 14.1. The van der Waals surface area contributed by atoms with Crippen LogP contribution in [0.25, 0.3) is 11.1 Å². The molecule has 0 saturated carbocycles. The van der Waals surface area contributed by atoms with Gasteiger partial charge >= 0.3 is 0 Å². The zero-order valence-electron chi connectivity index (χ0n) is 16.1. The van der Waals surface area contributed by atoms with E-state index in [0.717, 1.165) is 24.0 Å². The number of hydrogen-bond donors (Lipinski definition) is 4. The van der Waals surface area contributed by atoms with Crippen LogP contribution in [0, 0.1) is 0 Å². The monoisotopic (exact) mass is 394 g/mol. The summed E-state index contributed by atoms with van der Waals surface area (Å²) in [7, 11) is 0. The van der Waals surface area contributed by atoms with Crippen LogP contribution in [0.15, 0.2) is 66.7 Å². The second-order valence-electron chi connectivity index (χ2n) is 7.68. The van der Waals surface area contributed by atoms with E-state index in [2.05, 4.69) is 24.3 Å². The Morgan fingerprint density at radius 1 is 0.690 bits per heavy atom. The molecular weight excluding hydrogens is 368 g/mol. The SMILES string of the molecule is OC[C@H]1O[C@@H](c2cccc(CCc3cc4cccccc-4c3)c2)[C@H](O)[C@@H](O)[C@@H]1O. The van der Waals surface area contributed by atoms with Crippen molar-refractivity contribution >= 4 is 0 Å². The van der Waals surface area contributed by atoms with Crippen molar-refractivity contribution in [1.82, 2.24) is 0 Å². The lowest BCUT2D eigenvalue weighted by atomic mass is 9.90. The van der Waals surface area contributed by atoms with Gasteiger partial charge in [-0.3, -0.25) is 0 Å². The highest BCUT2D eigenvalue weighted by atomic mass is 16.5. The second kappa shape index (κ2) is 8.61. The van der Waals surface area contributed by atoms with E-state index in [9.17, 15) is 20.4 Å². The van der Waals surface area contributed by atoms with Crippen molar-refractivity contribution in [3.63, 3.8) is 0 Å². The molecule has 0 radical (unpaired) electrons. The molecule has 1 aliphatic heterocycles. The molecule has 1 aromatic rings. The lowest BCUT2D eigenvalue weighted by Gasteiger charge is -2.40. The average Bonchev–Trinajstić information content (AvgIpc) is 3.00. The van der Waals surface area contributed by atoms with E-state index in [0.29, 0.717) is 0 Å². The van der Waals surface area contributed by atoms with Crippen molar-refractivity contribution in [1.29, 1.82) is 0 Å². The third-order valence-corrected chi connectivity index (χ3v) is 5.66. The van der Waals surface area contributed by atoms with Gasteiger partial charge in [0.25, 0.3) is 0 Å². The molecule has 152 valence electrons. The number of aliphatic hydroxyl groups is 4. The summed E-state index contributed by atoms with van der Waals surface area (Å²) in [6.07, 6.45) is -3.96. The molecule has 2 aliphatic carbocycles. The van der Waals surface area contributed by atoms with E-state index < -0.39 is 37.1 Å². The highest BCUT2D eigenvalue weighted by molar-refractivity contribution is 5.68. The number of hydrogen-bond acceptors (Lipinski definition) is 5. The average molecular weight is 394 g/mol. The topological polar surface area (TPSA) is 90.2 Å². The first-order valence-electron chi connectivity index (χ1n) is 9.94. The molecule has 1 heterocycles. The molecule has 1 saturated heterocycles. The fourth-order valence-electron chi connectivity index (χ4n) is 4.01. The number of benzene rings is 1. The van der Waals surface area contributed by atoms with Gasteiger partial charge in [-0.25, -0.2) is 0 Å². The molecule has 4 rings (SSSR count). The summed E-state index contributed by atoms with van der Waals surface area (Å²) < 4.78 is 5.67. The van der Waals surface area contributed by atoms with E-state index in [1.807, 2.05) is 42.5 Å². The number of ether oxygens (including phenoxy) is 1. The van der Waals surface area contributed by atoms with Gasteiger partial charge in [0.2, 0.25) is 0 Å². The van der Waals surface area contributed by atoms with Crippen LogP contribution in [-0.2, 0) is 17.6 Å². The minimum atomic E-state index is -1.37. The van der Waals surface area contributed by atoms with Gasteiger partial charge in [0.05, 0.1) is 6.61 Å². The minimum absolute atomic E-state index is 0.427. The molecule has 1 fully saturated rings. The van der Waals surface area contributed by atoms with Crippen molar-refractivity contribution in [2.24, 2.45) is 0 Å². The lowest BCUT2D eigenvalue weighted by molar-refractivity contribution is -0.231. The zero-order valence-corrected chi connectivity index (χ0v) is 16.1. The summed E-state index contributed by atoms with van der Waals surface area (Å²) in [5, 5.41) is 39.8. The van der Waals surface area contributed by atoms with Gasteiger partial charge in [0, 0.05) is 0 Å². The Labute approximate surface area is 170 Å². The molecule has 3 aliphatic rings. The molecule has 1 aromatic carbocycles. The molecule has 0 bridgehead atoms. The van der Waals surface area contributed by atoms with Gasteiger partial charge in [-0.15, -0.1) is 0 Å². The maximum atomic E-state index is 10.4. The van der Waals surface area contributed by atoms with Crippen molar-refractivity contribution in [3.8, 4) is 11.1 Å². The van der Waals surface area contributed by atoms with Crippen LogP contribution in [0.4, 0.5) is 0 Å². The number of aryl methyl sites for hydroxylation is 2. The summed E-state index contributed by atoms with van der Waals surface area (Å²) in [6.45, 7) is -0.427. The first kappa shape index (κ1) is 20.0. The third kappa shape index (κ3) is 4.20. The molecule has 0 spiro atoms. The third-order valence-electron chi connectivity index (χ3n) is 5.66. The maximum absolute atomic E-state index is 10.4. The maximum Gasteiger partial charge on any atom is 0.113 e. The fraction of sp³-hybridized carbons (Fsp3) is 0.333. The Balaban J connectivity index is 1.49. The van der Waals surface area contributed by atoms with Crippen LogP contribution < -0.4 is 0 Å². The van der Waals surface area contributed by atoms with Crippen molar-refractivity contribution in [3.05, 3.63) is 83.4 Å². The summed E-state index contributed by atoms with van der Waals surface area (Å²) in [4.78, 5) is 0. The van der Waals surface area contributed by atoms with Crippen molar-refractivity contribution in [2.45, 2.75) is 43.4 Å². The molecule has 4 N–H and O–H groups in total. The van der Waals surface area contributed by atoms with E-state index >= 15 is 0 Å². The van der Waals surface area contributed by atoms with E-state index in [1.54, 1.807) is 0 Å². The van der Waals surface area contributed by atoms with Crippen LogP contribution in [0.3, 0.4) is 0 Å². The molecule has 5 heteroatoms. The largest absolute Gasteiger partial charge is 0.394 e. The van der Waals surface area contributed by atoms with Crippen LogP contribution in [-0.4, -0.2) is 51.4 Å². The summed E-state index contributed by atoms with van der Waals surface area (Å²) in [6, 6.07) is 22.4. The Bertz CT molecular complexity index is 894. The number of aliphatic hydroxyl groups excluding tert-OH is 4. The molecule has 0 aromatic heterocycles. The molecule has 29 heavy (non-hydrogen) atoms. The van der Waals surface area contributed by atoms with Crippen molar-refractivity contribution in [2.75, 3.05) is 6.61 Å². The van der Waals surface area contributed by atoms with E-state index in [4.69, 9.17) is 4.74 Å². The summed E-state index contributed by atoms with van der Waals surface area (Å²) in [5.41, 5.74) is 5.53. The standard InChI is InChI=1S/C24H26O5/c25-14-20-21(26)22(27)23(28)24(29-20)19-8-4-5-15(11-19)9-10-16-12-17-6-2-1-3-7-18(17)13-16/h1-8,11-13,20-28H,9-10,14H2/t20-,21-,22+,23-,24+/m1/s1. The molecule has 5 atom stereocenters. The fourth-order valence-corrected chi connectivity index (χ4v) is 4.01. The highest BCUT2D eigenvalue weighted by Crippen LogP contribution is 2.33. The lowest BCUT2D eigenvalue weighted by Crippen LogP contribution is -2.55. The summed E-state index contributed by atoms with van der Waals surface area (Å²) >= 11 is 0. The van der Waals surface area contributed by atoms with Gasteiger partial charge in [-0.05, 0) is 40.7 Å². The van der Waals surface area contributed by atoms with Crippen LogP contribution >= 0.6 is 0 Å². The van der Waals surface area contributed by atoms with Gasteiger partial charge in [-0.1, -0.05) is 66.7 Å². The quantitative estimate of drug-likeness (QED) is 0.532. The van der Waals surface area contributed by atoms with Crippen LogP contribution in [0.1, 0.15) is 22.8 Å². The van der Waals surface area contributed by atoms with Gasteiger partial charge in [0.15, 0.2) is 0 Å². The van der Waals surface area contributed by atoms with E-state index in [-0.39, 0.29) is 0 Å². The zero-order chi connectivity index (χ0) is 20.4. The summed E-state index contributed by atoms with van der Waals surface area (Å²) in [5.74, 6) is 0. The normalized spacial score (nSPS) is 27.2. The van der Waals surface area contributed by atoms with Gasteiger partial charge in [0.1, 0.15) is 30.5 Å². The molecule has 5 nitrogen and oxygen atoms in total. The number of fused-ring (bicyclic) bond motifs is 1. The Morgan fingerprint density at radius 3 is 2.07 bits per heavy atom. The Morgan fingerprint density at radius 2 is 1.38 bits per heavy atom. The highest BCUT2D eigenvalue weighted by Gasteiger charge is 2.43. The molecule has 0 amide bonds. The van der Waals surface area contributed by atoms with Crippen molar-refractivity contribution < 1.29 is 25.2 Å². The Kier molecular flexibility index (Phi) is 5.94. The molecule has 0 unspecified atom stereocenters.